The molecule has 19 heavy (non-hydrogen) atoms. The number of nitrogens with zero attached hydrogens (tertiary/aromatic N) is 2. The van der Waals surface area contributed by atoms with Crippen LogP contribution in [-0.4, -0.2) is 27.1 Å². The Labute approximate surface area is 113 Å². The van der Waals surface area contributed by atoms with Gasteiger partial charge in [0.15, 0.2) is 0 Å². The van der Waals surface area contributed by atoms with Gasteiger partial charge < -0.3 is 10.4 Å². The summed E-state index contributed by atoms with van der Waals surface area (Å²) < 4.78 is 0. The van der Waals surface area contributed by atoms with E-state index in [1.54, 1.807) is 0 Å². The van der Waals surface area contributed by atoms with Gasteiger partial charge in [-0.15, -0.1) is 0 Å². The van der Waals surface area contributed by atoms with Crippen LogP contribution in [-0.2, 0) is 4.79 Å². The second-order valence-corrected chi connectivity index (χ2v) is 5.53. The number of hydrogen-bond acceptors (Lipinski definition) is 4. The smallest absolute Gasteiger partial charge is 0.308 e. The van der Waals surface area contributed by atoms with Crippen molar-refractivity contribution in [2.75, 3.05) is 5.32 Å². The quantitative estimate of drug-likeness (QED) is 0.873. The Kier molecular flexibility index (Phi) is 4.02. The normalized spacial score (nSPS) is 22.7. The predicted molar refractivity (Wildman–Crippen MR) is 73.2 cm³/mol. The summed E-state index contributed by atoms with van der Waals surface area (Å²) in [6, 6.07) is 1.86. The van der Waals surface area contributed by atoms with E-state index in [0.717, 1.165) is 36.6 Å². The van der Waals surface area contributed by atoms with Gasteiger partial charge >= 0.3 is 5.97 Å². The number of anilines is 1. The van der Waals surface area contributed by atoms with Gasteiger partial charge in [0, 0.05) is 23.7 Å². The number of aryl methyl sites for hydroxylation is 1. The highest BCUT2D eigenvalue weighted by Crippen LogP contribution is 2.28. The van der Waals surface area contributed by atoms with Gasteiger partial charge in [0.2, 0.25) is 0 Å². The monoisotopic (exact) mass is 263 g/mol. The van der Waals surface area contributed by atoms with Crippen molar-refractivity contribution in [3.05, 3.63) is 17.6 Å². The standard InChI is InChI=1S/C14H21N3O2/c1-8(2)13-15-9(3)7-12(17-13)16-11-6-4-5-10(11)14(18)19/h7-8,10-11H,4-6H2,1-3H3,(H,18,19)(H,15,16,17). The summed E-state index contributed by atoms with van der Waals surface area (Å²) in [6.45, 7) is 6.03. The van der Waals surface area contributed by atoms with Crippen molar-refractivity contribution in [3.8, 4) is 0 Å². The lowest BCUT2D eigenvalue weighted by Gasteiger charge is -2.19. The molecule has 0 saturated heterocycles. The number of carboxylic acid groups (broad SMARTS) is 1. The Morgan fingerprint density at radius 3 is 2.79 bits per heavy atom. The average Bonchev–Trinajstić information content (AvgIpc) is 2.76. The molecule has 0 bridgehead atoms. The molecule has 1 aliphatic rings. The molecule has 104 valence electrons. The lowest BCUT2D eigenvalue weighted by molar-refractivity contribution is -0.141. The molecule has 5 nitrogen and oxygen atoms in total. The Morgan fingerprint density at radius 1 is 1.42 bits per heavy atom. The molecule has 1 aromatic heterocycles. The molecule has 1 aliphatic carbocycles. The number of carbonyl (C=O) groups is 1. The van der Waals surface area contributed by atoms with Crippen molar-refractivity contribution >= 4 is 11.8 Å². The van der Waals surface area contributed by atoms with E-state index in [1.807, 2.05) is 26.8 Å². The predicted octanol–water partition coefficient (Wildman–Crippen LogP) is 2.57. The third-order valence-electron chi connectivity index (χ3n) is 3.55. The SMILES string of the molecule is Cc1cc(NC2CCCC2C(=O)O)nc(C(C)C)n1. The minimum atomic E-state index is -0.718. The third-order valence-corrected chi connectivity index (χ3v) is 3.55. The first kappa shape index (κ1) is 13.8. The van der Waals surface area contributed by atoms with Crippen molar-refractivity contribution in [1.29, 1.82) is 0 Å². The average molecular weight is 263 g/mol. The molecule has 1 heterocycles. The molecule has 0 amide bonds. The zero-order chi connectivity index (χ0) is 14.0. The second kappa shape index (κ2) is 5.55. The summed E-state index contributed by atoms with van der Waals surface area (Å²) in [6.07, 6.45) is 2.58. The van der Waals surface area contributed by atoms with E-state index in [4.69, 9.17) is 0 Å². The van der Waals surface area contributed by atoms with Gasteiger partial charge in [-0.25, -0.2) is 9.97 Å². The molecule has 2 N–H and O–H groups in total. The van der Waals surface area contributed by atoms with Crippen molar-refractivity contribution in [2.24, 2.45) is 5.92 Å². The first-order valence-corrected chi connectivity index (χ1v) is 6.82. The minimum Gasteiger partial charge on any atom is -0.481 e. The van der Waals surface area contributed by atoms with Gasteiger partial charge in [0.05, 0.1) is 5.92 Å². The van der Waals surface area contributed by atoms with E-state index in [2.05, 4.69) is 15.3 Å². The molecule has 1 fully saturated rings. The largest absolute Gasteiger partial charge is 0.481 e. The fourth-order valence-corrected chi connectivity index (χ4v) is 2.54. The molecular formula is C14H21N3O2. The van der Waals surface area contributed by atoms with Crippen LogP contribution in [0.25, 0.3) is 0 Å². The Morgan fingerprint density at radius 2 is 2.16 bits per heavy atom. The first-order chi connectivity index (χ1) is 8.97. The van der Waals surface area contributed by atoms with E-state index >= 15 is 0 Å². The van der Waals surface area contributed by atoms with E-state index in [0.29, 0.717) is 0 Å². The Balaban J connectivity index is 2.16. The number of hydrogen-bond donors (Lipinski definition) is 2. The third kappa shape index (κ3) is 3.22. The summed E-state index contributed by atoms with van der Waals surface area (Å²) in [5, 5.41) is 12.5. The van der Waals surface area contributed by atoms with Crippen molar-refractivity contribution in [3.63, 3.8) is 0 Å². The van der Waals surface area contributed by atoms with Crippen LogP contribution < -0.4 is 5.32 Å². The van der Waals surface area contributed by atoms with E-state index < -0.39 is 5.97 Å². The van der Waals surface area contributed by atoms with E-state index in [9.17, 15) is 9.90 Å². The van der Waals surface area contributed by atoms with Crippen LogP contribution in [0.1, 0.15) is 50.5 Å². The van der Waals surface area contributed by atoms with Gasteiger partial charge in [0.25, 0.3) is 0 Å². The zero-order valence-corrected chi connectivity index (χ0v) is 11.7. The van der Waals surface area contributed by atoms with Crippen LogP contribution in [0.2, 0.25) is 0 Å². The molecule has 0 aromatic carbocycles. The van der Waals surface area contributed by atoms with Crippen molar-refractivity contribution in [2.45, 2.75) is 52.0 Å². The van der Waals surface area contributed by atoms with Crippen LogP contribution in [0.5, 0.6) is 0 Å². The molecule has 1 aromatic rings. The number of carboxylic acids is 1. The summed E-state index contributed by atoms with van der Waals surface area (Å²) in [5.41, 5.74) is 0.908. The molecule has 1 saturated carbocycles. The minimum absolute atomic E-state index is 0.0215. The van der Waals surface area contributed by atoms with E-state index in [-0.39, 0.29) is 17.9 Å². The molecule has 0 radical (unpaired) electrons. The zero-order valence-electron chi connectivity index (χ0n) is 11.7. The van der Waals surface area contributed by atoms with Crippen LogP contribution in [0.15, 0.2) is 6.07 Å². The number of rotatable bonds is 4. The van der Waals surface area contributed by atoms with Crippen molar-refractivity contribution < 1.29 is 9.90 Å². The summed E-state index contributed by atoms with van der Waals surface area (Å²) in [5.74, 6) is 0.781. The Hall–Kier alpha value is -1.65. The highest BCUT2D eigenvalue weighted by molar-refractivity contribution is 5.72. The van der Waals surface area contributed by atoms with Crippen LogP contribution in [0, 0.1) is 12.8 Å². The lowest BCUT2D eigenvalue weighted by Crippen LogP contribution is -2.30. The van der Waals surface area contributed by atoms with Crippen molar-refractivity contribution in [1.82, 2.24) is 9.97 Å². The van der Waals surface area contributed by atoms with Crippen LogP contribution in [0.3, 0.4) is 0 Å². The summed E-state index contributed by atoms with van der Waals surface area (Å²) >= 11 is 0. The fourth-order valence-electron chi connectivity index (χ4n) is 2.54. The number of aliphatic carboxylic acids is 1. The molecule has 2 atom stereocenters. The molecule has 2 unspecified atom stereocenters. The maximum Gasteiger partial charge on any atom is 0.308 e. The molecule has 2 rings (SSSR count). The first-order valence-electron chi connectivity index (χ1n) is 6.82. The molecule has 5 heteroatoms. The van der Waals surface area contributed by atoms with Gasteiger partial charge in [-0.3, -0.25) is 4.79 Å². The number of aromatic nitrogens is 2. The maximum atomic E-state index is 11.2. The van der Waals surface area contributed by atoms with Gasteiger partial charge in [-0.05, 0) is 19.8 Å². The summed E-state index contributed by atoms with van der Waals surface area (Å²) in [7, 11) is 0. The van der Waals surface area contributed by atoms with E-state index in [1.165, 1.54) is 0 Å². The van der Waals surface area contributed by atoms with Gasteiger partial charge in [-0.2, -0.15) is 0 Å². The topological polar surface area (TPSA) is 75.1 Å². The fraction of sp³-hybridized carbons (Fsp3) is 0.643. The molecule has 0 spiro atoms. The highest BCUT2D eigenvalue weighted by atomic mass is 16.4. The highest BCUT2D eigenvalue weighted by Gasteiger charge is 2.33. The summed E-state index contributed by atoms with van der Waals surface area (Å²) in [4.78, 5) is 20.0. The number of nitrogens with one attached hydrogen (secondary N) is 1. The van der Waals surface area contributed by atoms with Crippen LogP contribution >= 0.6 is 0 Å². The van der Waals surface area contributed by atoms with Gasteiger partial charge in [-0.1, -0.05) is 20.3 Å². The molecule has 0 aliphatic heterocycles. The Bertz CT molecular complexity index is 474. The van der Waals surface area contributed by atoms with Gasteiger partial charge in [0.1, 0.15) is 11.6 Å². The molecular weight excluding hydrogens is 242 g/mol. The second-order valence-electron chi connectivity index (χ2n) is 5.53. The van der Waals surface area contributed by atoms with Crippen LogP contribution in [0.4, 0.5) is 5.82 Å². The lowest BCUT2D eigenvalue weighted by atomic mass is 10.0. The maximum absolute atomic E-state index is 11.2.